The Morgan fingerprint density at radius 2 is 1.80 bits per heavy atom. The highest BCUT2D eigenvalue weighted by Crippen LogP contribution is 2.44. The Balaban J connectivity index is 1.69. The number of hydrogen-bond donors (Lipinski definition) is 1. The van der Waals surface area contributed by atoms with Crippen LogP contribution in [0.2, 0.25) is 0 Å². The van der Waals surface area contributed by atoms with Crippen LogP contribution in [0.25, 0.3) is 16.0 Å². The molecule has 0 aliphatic carbocycles. The van der Waals surface area contributed by atoms with Crippen LogP contribution in [0.5, 0.6) is 5.75 Å². The largest absolute Gasteiger partial charge is 0.507 e. The molecule has 0 saturated carbocycles. The summed E-state index contributed by atoms with van der Waals surface area (Å²) >= 11 is 1.29. The van der Waals surface area contributed by atoms with E-state index in [0.717, 1.165) is 16.7 Å². The second-order valence-corrected chi connectivity index (χ2v) is 9.11. The Morgan fingerprint density at radius 1 is 1.09 bits per heavy atom. The van der Waals surface area contributed by atoms with Crippen molar-refractivity contribution in [3.05, 3.63) is 94.8 Å². The molecule has 1 aliphatic heterocycles. The van der Waals surface area contributed by atoms with Gasteiger partial charge in [-0.15, -0.1) is 0 Å². The number of Topliss-reactive ketones (excluding diaryl/α,β-unsaturated/α-hetero) is 1. The number of carbonyl (C=O) groups excluding carboxylic acids is 2. The van der Waals surface area contributed by atoms with E-state index >= 15 is 0 Å². The minimum absolute atomic E-state index is 0.0831. The van der Waals surface area contributed by atoms with E-state index in [0.29, 0.717) is 27.5 Å². The molecule has 35 heavy (non-hydrogen) atoms. The highest BCUT2D eigenvalue weighted by molar-refractivity contribution is 7.22. The predicted octanol–water partition coefficient (Wildman–Crippen LogP) is 5.63. The zero-order valence-corrected chi connectivity index (χ0v) is 19.8. The summed E-state index contributed by atoms with van der Waals surface area (Å²) in [5.74, 6) is -1.83. The fourth-order valence-electron chi connectivity index (χ4n) is 4.17. The van der Waals surface area contributed by atoms with Crippen LogP contribution in [0, 0.1) is 5.82 Å². The third-order valence-corrected chi connectivity index (χ3v) is 7.07. The summed E-state index contributed by atoms with van der Waals surface area (Å²) in [6.07, 6.45) is 0.852. The number of hydrogen-bond acceptors (Lipinski definition) is 6. The Bertz CT molecular complexity index is 1480. The number of ether oxygens (including phenoxy) is 1. The number of nitrogens with zero attached hydrogens (tertiary/aromatic N) is 2. The van der Waals surface area contributed by atoms with Crippen molar-refractivity contribution in [2.24, 2.45) is 0 Å². The average Bonchev–Trinajstić information content (AvgIpc) is 3.41. The van der Waals surface area contributed by atoms with Crippen LogP contribution < -0.4 is 9.64 Å². The number of carbonyl (C=O) groups is 2. The van der Waals surface area contributed by atoms with Crippen molar-refractivity contribution in [2.75, 3.05) is 12.0 Å². The van der Waals surface area contributed by atoms with Crippen molar-refractivity contribution in [2.45, 2.75) is 19.4 Å². The van der Waals surface area contributed by atoms with Crippen LogP contribution in [-0.2, 0) is 16.0 Å². The zero-order valence-electron chi connectivity index (χ0n) is 19.0. The lowest BCUT2D eigenvalue weighted by atomic mass is 9.95. The molecule has 0 radical (unpaired) electrons. The van der Waals surface area contributed by atoms with Crippen LogP contribution in [0.1, 0.15) is 29.7 Å². The molecular weight excluding hydrogens is 467 g/mol. The second-order valence-electron chi connectivity index (χ2n) is 8.10. The van der Waals surface area contributed by atoms with E-state index in [1.54, 1.807) is 24.3 Å². The average molecular weight is 489 g/mol. The number of methoxy groups -OCH3 is 1. The molecule has 1 aromatic heterocycles. The number of anilines is 1. The van der Waals surface area contributed by atoms with E-state index in [1.807, 2.05) is 18.2 Å². The van der Waals surface area contributed by atoms with E-state index in [2.05, 4.69) is 11.9 Å². The fraction of sp³-hybridized carbons (Fsp3) is 0.148. The minimum Gasteiger partial charge on any atom is -0.507 e. The monoisotopic (exact) mass is 488 g/mol. The normalized spacial score (nSPS) is 17.3. The summed E-state index contributed by atoms with van der Waals surface area (Å²) in [6.45, 7) is 2.05. The molecule has 1 saturated heterocycles. The maximum absolute atomic E-state index is 13.7. The van der Waals surface area contributed by atoms with Gasteiger partial charge in [-0.3, -0.25) is 14.5 Å². The SMILES string of the molecule is CCc1ccc2nc(N3C(=O)C(=O)C(=C(O)c4ccc(OC)cc4)C3c3ccc(F)cc3)sc2c1. The van der Waals surface area contributed by atoms with Gasteiger partial charge in [-0.1, -0.05) is 36.5 Å². The van der Waals surface area contributed by atoms with E-state index in [1.165, 1.54) is 47.6 Å². The number of aliphatic hydroxyl groups excluding tert-OH is 1. The van der Waals surface area contributed by atoms with Crippen molar-refractivity contribution in [3.8, 4) is 5.75 Å². The first-order valence-electron chi connectivity index (χ1n) is 11.0. The van der Waals surface area contributed by atoms with Gasteiger partial charge in [-0.2, -0.15) is 0 Å². The van der Waals surface area contributed by atoms with Crippen molar-refractivity contribution in [1.29, 1.82) is 0 Å². The molecule has 1 N–H and O–H groups in total. The first kappa shape index (κ1) is 22.7. The highest BCUT2D eigenvalue weighted by Gasteiger charge is 2.48. The number of benzene rings is 3. The molecule has 1 atom stereocenters. The van der Waals surface area contributed by atoms with E-state index in [4.69, 9.17) is 4.74 Å². The van der Waals surface area contributed by atoms with Crippen LogP contribution >= 0.6 is 11.3 Å². The lowest BCUT2D eigenvalue weighted by Gasteiger charge is -2.23. The summed E-state index contributed by atoms with van der Waals surface area (Å²) in [5.41, 5.74) is 2.59. The molecule has 5 rings (SSSR count). The van der Waals surface area contributed by atoms with Gasteiger partial charge in [0.1, 0.15) is 17.3 Å². The van der Waals surface area contributed by atoms with Crippen molar-refractivity contribution >= 4 is 44.1 Å². The maximum Gasteiger partial charge on any atom is 0.301 e. The Morgan fingerprint density at radius 3 is 2.46 bits per heavy atom. The van der Waals surface area contributed by atoms with Crippen LogP contribution in [0.15, 0.2) is 72.3 Å². The number of aryl methyl sites for hydroxylation is 1. The molecule has 1 fully saturated rings. The minimum atomic E-state index is -0.969. The van der Waals surface area contributed by atoms with Crippen molar-refractivity contribution in [3.63, 3.8) is 0 Å². The number of ketones is 1. The molecule has 0 bridgehead atoms. The van der Waals surface area contributed by atoms with Crippen molar-refractivity contribution < 1.29 is 23.8 Å². The third kappa shape index (κ3) is 3.95. The number of halogens is 1. The second kappa shape index (κ2) is 8.96. The molecule has 0 spiro atoms. The molecule has 2 heterocycles. The summed E-state index contributed by atoms with van der Waals surface area (Å²) in [5, 5.41) is 11.5. The van der Waals surface area contributed by atoms with E-state index in [-0.39, 0.29) is 11.3 Å². The smallest absolute Gasteiger partial charge is 0.301 e. The van der Waals surface area contributed by atoms with Gasteiger partial charge in [0.25, 0.3) is 5.78 Å². The summed E-state index contributed by atoms with van der Waals surface area (Å²) in [4.78, 5) is 32.5. The molecule has 1 amide bonds. The molecular formula is C27H21FN2O4S. The molecule has 3 aromatic carbocycles. The fourth-order valence-corrected chi connectivity index (χ4v) is 5.23. The summed E-state index contributed by atoms with van der Waals surface area (Å²) in [7, 11) is 1.52. The summed E-state index contributed by atoms with van der Waals surface area (Å²) < 4.78 is 19.8. The van der Waals surface area contributed by atoms with Crippen LogP contribution in [-0.4, -0.2) is 28.9 Å². The number of thiazole rings is 1. The quantitative estimate of drug-likeness (QED) is 0.224. The molecule has 8 heteroatoms. The standard InChI is InChI=1S/C27H21FN2O4S/c1-3-15-4-13-20-21(14-15)35-27(29-20)30-23(16-5-9-18(28)10-6-16)22(25(32)26(30)33)24(31)17-7-11-19(34-2)12-8-17/h4-14,23,31H,3H2,1-2H3. The number of amides is 1. The lowest BCUT2D eigenvalue weighted by Crippen LogP contribution is -2.29. The van der Waals surface area contributed by atoms with Gasteiger partial charge >= 0.3 is 5.91 Å². The maximum atomic E-state index is 13.7. The predicted molar refractivity (Wildman–Crippen MR) is 133 cm³/mol. The number of aliphatic hydroxyl groups is 1. The van der Waals surface area contributed by atoms with Crippen LogP contribution in [0.4, 0.5) is 9.52 Å². The van der Waals surface area contributed by atoms with Gasteiger partial charge in [0.15, 0.2) is 5.13 Å². The topological polar surface area (TPSA) is 79.7 Å². The van der Waals surface area contributed by atoms with Crippen LogP contribution in [0.3, 0.4) is 0 Å². The molecule has 4 aromatic rings. The Labute approximate surface area is 204 Å². The van der Waals surface area contributed by atoms with Crippen molar-refractivity contribution in [1.82, 2.24) is 4.98 Å². The first-order valence-corrected chi connectivity index (χ1v) is 11.8. The first-order chi connectivity index (χ1) is 16.9. The third-order valence-electron chi connectivity index (χ3n) is 6.05. The summed E-state index contributed by atoms with van der Waals surface area (Å²) in [6, 6.07) is 16.9. The molecule has 6 nitrogen and oxygen atoms in total. The van der Waals surface area contributed by atoms with Gasteiger partial charge in [-0.05, 0) is 66.1 Å². The number of rotatable bonds is 5. The number of aromatic nitrogens is 1. The Hall–Kier alpha value is -4.04. The number of fused-ring (bicyclic) bond motifs is 1. The molecule has 1 aliphatic rings. The highest BCUT2D eigenvalue weighted by atomic mass is 32.1. The van der Waals surface area contributed by atoms with Gasteiger partial charge in [0, 0.05) is 5.56 Å². The zero-order chi connectivity index (χ0) is 24.7. The molecule has 176 valence electrons. The van der Waals surface area contributed by atoms with E-state index in [9.17, 15) is 19.1 Å². The lowest BCUT2D eigenvalue weighted by molar-refractivity contribution is -0.132. The van der Waals surface area contributed by atoms with Gasteiger partial charge in [0.05, 0.1) is 28.9 Å². The molecule has 1 unspecified atom stereocenters. The Kier molecular flexibility index (Phi) is 5.82. The van der Waals surface area contributed by atoms with Gasteiger partial charge in [-0.25, -0.2) is 9.37 Å². The van der Waals surface area contributed by atoms with Gasteiger partial charge < -0.3 is 9.84 Å². The van der Waals surface area contributed by atoms with E-state index < -0.39 is 23.5 Å². The van der Waals surface area contributed by atoms with Gasteiger partial charge in [0.2, 0.25) is 0 Å².